The van der Waals surface area contributed by atoms with Gasteiger partial charge in [0.05, 0.1) is 43.3 Å². The van der Waals surface area contributed by atoms with Crippen molar-refractivity contribution in [1.29, 1.82) is 0 Å². The number of anilines is 2. The number of carbonyl (C=O) groups is 6. The Kier molecular flexibility index (Phi) is 9.83. The number of carbonyl (C=O) groups excluding carboxylic acids is 6. The molecule has 11 nitrogen and oxygen atoms in total. The van der Waals surface area contributed by atoms with Crippen molar-refractivity contribution in [2.45, 2.75) is 32.1 Å². The van der Waals surface area contributed by atoms with Crippen LogP contribution in [0.5, 0.6) is 0 Å². The number of unbranched alkanes of at least 4 members (excludes halogenated alkanes) is 1. The van der Waals surface area contributed by atoms with E-state index in [0.717, 1.165) is 0 Å². The summed E-state index contributed by atoms with van der Waals surface area (Å²) in [5.74, 6) is -2.47. The quantitative estimate of drug-likeness (QED) is 0.239. The number of rotatable bonds is 12. The van der Waals surface area contributed by atoms with Gasteiger partial charge >= 0.3 is 11.9 Å². The molecule has 11 heteroatoms. The Morgan fingerprint density at radius 3 is 1.71 bits per heavy atom. The first kappa shape index (κ1) is 28.2. The molecule has 3 rings (SSSR count). The van der Waals surface area contributed by atoms with E-state index in [4.69, 9.17) is 0 Å². The lowest BCUT2D eigenvalue weighted by Crippen LogP contribution is -2.28. The minimum Gasteiger partial charge on any atom is -0.469 e. The first-order valence-electron chi connectivity index (χ1n) is 12.1. The van der Waals surface area contributed by atoms with Crippen LogP contribution in [0, 0.1) is 0 Å². The van der Waals surface area contributed by atoms with E-state index in [9.17, 15) is 28.8 Å². The van der Waals surface area contributed by atoms with E-state index in [1.807, 2.05) is 0 Å². The Bertz CT molecular complexity index is 1170. The average molecular weight is 524 g/mol. The van der Waals surface area contributed by atoms with Crippen LogP contribution in [0.25, 0.3) is 0 Å². The zero-order chi connectivity index (χ0) is 27.7. The van der Waals surface area contributed by atoms with Crippen LogP contribution < -0.4 is 16.0 Å². The summed E-state index contributed by atoms with van der Waals surface area (Å²) in [6.45, 7) is 0.165. The van der Waals surface area contributed by atoms with Crippen molar-refractivity contribution in [3.8, 4) is 0 Å². The number of hydrogen-bond donors (Lipinski definition) is 3. The molecular formula is C27H29N3O8. The first-order valence-corrected chi connectivity index (χ1v) is 12.1. The third-order valence-corrected chi connectivity index (χ3v) is 5.91. The molecule has 0 fully saturated rings. The summed E-state index contributed by atoms with van der Waals surface area (Å²) in [5, 5.41) is 8.15. The highest BCUT2D eigenvalue weighted by Crippen LogP contribution is 2.35. The zero-order valence-electron chi connectivity index (χ0n) is 21.2. The van der Waals surface area contributed by atoms with E-state index in [-0.39, 0.29) is 77.9 Å². The summed E-state index contributed by atoms with van der Waals surface area (Å²) in [5.41, 5.74) is 0.812. The number of hydrogen-bond acceptors (Lipinski definition) is 9. The second-order valence-electron chi connectivity index (χ2n) is 8.50. The van der Waals surface area contributed by atoms with E-state index in [1.165, 1.54) is 32.4 Å². The minimum absolute atomic E-state index is 0.0230. The van der Waals surface area contributed by atoms with Crippen molar-refractivity contribution in [1.82, 2.24) is 5.32 Å². The van der Waals surface area contributed by atoms with E-state index in [1.54, 1.807) is 18.2 Å². The molecule has 2 aromatic rings. The fourth-order valence-electron chi connectivity index (χ4n) is 4.00. The second-order valence-corrected chi connectivity index (χ2v) is 8.50. The summed E-state index contributed by atoms with van der Waals surface area (Å²) in [6.07, 6.45) is 1.29. The predicted molar refractivity (Wildman–Crippen MR) is 137 cm³/mol. The van der Waals surface area contributed by atoms with Gasteiger partial charge in [0.15, 0.2) is 11.6 Å². The molecule has 0 heterocycles. The molecule has 38 heavy (non-hydrogen) atoms. The van der Waals surface area contributed by atoms with E-state index < -0.39 is 23.4 Å². The second kappa shape index (κ2) is 13.2. The van der Waals surface area contributed by atoms with Gasteiger partial charge in [-0.15, -0.1) is 0 Å². The van der Waals surface area contributed by atoms with Crippen LogP contribution in [0.2, 0.25) is 0 Å². The molecule has 1 aliphatic rings. The Morgan fingerprint density at radius 2 is 1.18 bits per heavy atom. The number of amides is 2. The van der Waals surface area contributed by atoms with Gasteiger partial charge in [-0.25, -0.2) is 0 Å². The Hall–Kier alpha value is -4.38. The lowest BCUT2D eigenvalue weighted by molar-refractivity contribution is -0.141. The van der Waals surface area contributed by atoms with Gasteiger partial charge in [0, 0.05) is 36.9 Å². The van der Waals surface area contributed by atoms with Gasteiger partial charge in [-0.1, -0.05) is 24.3 Å². The van der Waals surface area contributed by atoms with Gasteiger partial charge in [0.2, 0.25) is 11.8 Å². The van der Waals surface area contributed by atoms with Crippen LogP contribution in [-0.4, -0.2) is 62.6 Å². The SMILES string of the molecule is COC(=O)CCCCC(=O)Nc1cccc2c1C(=O)c1cccc(NC(=O)CCNCC(=O)OC)c1C2=O. The maximum Gasteiger partial charge on any atom is 0.319 e. The molecule has 0 saturated heterocycles. The fraction of sp³-hybridized carbons (Fsp3) is 0.333. The lowest BCUT2D eigenvalue weighted by atomic mass is 9.82. The third kappa shape index (κ3) is 6.88. The lowest BCUT2D eigenvalue weighted by Gasteiger charge is -2.22. The fourth-order valence-corrected chi connectivity index (χ4v) is 4.00. The summed E-state index contributed by atoms with van der Waals surface area (Å²) in [7, 11) is 2.56. The van der Waals surface area contributed by atoms with Gasteiger partial charge in [0.1, 0.15) is 0 Å². The number of esters is 2. The standard InChI is InChI=1S/C27H29N3O8/c1-37-22(33)12-4-3-11-20(31)29-18-9-5-7-16-24(18)26(35)17-8-6-10-19(25(17)27(16)36)30-21(32)13-14-28-15-23(34)38-2/h5-10,28H,3-4,11-15H2,1-2H3,(H,29,31)(H,30,32). The highest BCUT2D eigenvalue weighted by atomic mass is 16.5. The van der Waals surface area contributed by atoms with Crippen LogP contribution >= 0.6 is 0 Å². The van der Waals surface area contributed by atoms with Gasteiger partial charge in [-0.2, -0.15) is 0 Å². The normalized spacial score (nSPS) is 11.7. The molecule has 0 bridgehead atoms. The van der Waals surface area contributed by atoms with E-state index >= 15 is 0 Å². The molecule has 0 radical (unpaired) electrons. The van der Waals surface area contributed by atoms with Gasteiger partial charge in [-0.05, 0) is 25.0 Å². The van der Waals surface area contributed by atoms with Crippen LogP contribution in [-0.2, 0) is 28.7 Å². The molecule has 3 N–H and O–H groups in total. The van der Waals surface area contributed by atoms with E-state index in [2.05, 4.69) is 25.4 Å². The van der Waals surface area contributed by atoms with E-state index in [0.29, 0.717) is 12.8 Å². The Labute approximate surface area is 219 Å². The van der Waals surface area contributed by atoms with Crippen LogP contribution in [0.3, 0.4) is 0 Å². The molecule has 0 saturated carbocycles. The molecular weight excluding hydrogens is 494 g/mol. The molecule has 2 aromatic carbocycles. The summed E-state index contributed by atoms with van der Waals surface area (Å²) in [4.78, 5) is 74.2. The van der Waals surface area contributed by atoms with Crippen LogP contribution in [0.15, 0.2) is 36.4 Å². The molecule has 0 atom stereocenters. The number of benzene rings is 2. The summed E-state index contributed by atoms with van der Waals surface area (Å²) >= 11 is 0. The number of ether oxygens (including phenoxy) is 2. The van der Waals surface area contributed by atoms with Gasteiger partial charge in [0.25, 0.3) is 0 Å². The number of nitrogens with one attached hydrogen (secondary N) is 3. The van der Waals surface area contributed by atoms with Crippen molar-refractivity contribution in [3.63, 3.8) is 0 Å². The summed E-state index contributed by atoms with van der Waals surface area (Å²) < 4.78 is 9.10. The van der Waals surface area contributed by atoms with Crippen molar-refractivity contribution >= 4 is 46.7 Å². The largest absolute Gasteiger partial charge is 0.469 e. The topological polar surface area (TPSA) is 157 Å². The number of methoxy groups -OCH3 is 2. The molecule has 1 aliphatic carbocycles. The molecule has 2 amide bonds. The monoisotopic (exact) mass is 523 g/mol. The smallest absolute Gasteiger partial charge is 0.319 e. The Balaban J connectivity index is 1.72. The Morgan fingerprint density at radius 1 is 0.684 bits per heavy atom. The highest BCUT2D eigenvalue weighted by Gasteiger charge is 2.34. The third-order valence-electron chi connectivity index (χ3n) is 5.91. The predicted octanol–water partition coefficient (Wildman–Crippen LogP) is 2.23. The molecule has 0 unspecified atom stereocenters. The van der Waals surface area contributed by atoms with Crippen LogP contribution in [0.1, 0.15) is 63.9 Å². The summed E-state index contributed by atoms with van der Waals surface area (Å²) in [6, 6.07) is 9.21. The number of ketones is 2. The van der Waals surface area contributed by atoms with Crippen molar-refractivity contribution < 1.29 is 38.2 Å². The zero-order valence-corrected chi connectivity index (χ0v) is 21.2. The van der Waals surface area contributed by atoms with Crippen molar-refractivity contribution in [2.75, 3.05) is 37.9 Å². The first-order chi connectivity index (χ1) is 18.3. The maximum atomic E-state index is 13.4. The van der Waals surface area contributed by atoms with Crippen molar-refractivity contribution in [3.05, 3.63) is 58.7 Å². The highest BCUT2D eigenvalue weighted by molar-refractivity contribution is 6.32. The van der Waals surface area contributed by atoms with Crippen molar-refractivity contribution in [2.24, 2.45) is 0 Å². The average Bonchev–Trinajstić information content (AvgIpc) is 2.91. The molecule has 0 aromatic heterocycles. The molecule has 0 aliphatic heterocycles. The van der Waals surface area contributed by atoms with Crippen LogP contribution in [0.4, 0.5) is 11.4 Å². The van der Waals surface area contributed by atoms with Gasteiger partial charge in [-0.3, -0.25) is 28.8 Å². The molecule has 200 valence electrons. The van der Waals surface area contributed by atoms with Gasteiger partial charge < -0.3 is 25.4 Å². The minimum atomic E-state index is -0.459. The maximum absolute atomic E-state index is 13.4. The molecule has 0 spiro atoms. The number of fused-ring (bicyclic) bond motifs is 2.